The molecule has 0 radical (unpaired) electrons. The number of Topliss-reactive ketones (excluding diaryl/α,β-unsaturated/α-hetero) is 1. The molecule has 0 spiro atoms. The van der Waals surface area contributed by atoms with E-state index >= 15 is 0 Å². The van der Waals surface area contributed by atoms with E-state index < -0.39 is 12.1 Å². The summed E-state index contributed by atoms with van der Waals surface area (Å²) < 4.78 is 10.9. The fourth-order valence-corrected chi connectivity index (χ4v) is 2.98. The second kappa shape index (κ2) is 9.55. The van der Waals surface area contributed by atoms with Crippen molar-refractivity contribution in [3.05, 3.63) is 95.6 Å². The van der Waals surface area contributed by atoms with Gasteiger partial charge < -0.3 is 14.8 Å². The van der Waals surface area contributed by atoms with Crippen LogP contribution in [0.3, 0.4) is 0 Å². The third kappa shape index (κ3) is 4.82. The Balaban J connectivity index is 1.92. The van der Waals surface area contributed by atoms with E-state index in [-0.39, 0.29) is 5.78 Å². The van der Waals surface area contributed by atoms with Crippen molar-refractivity contribution in [3.63, 3.8) is 0 Å². The third-order valence-electron chi connectivity index (χ3n) is 4.45. The van der Waals surface area contributed by atoms with Gasteiger partial charge in [-0.3, -0.25) is 4.79 Å². The first kappa shape index (κ1) is 20.1. The molecule has 0 heterocycles. The standard InChI is InChI=1S/C24H23NO4/c1-3-25-21-12-8-7-11-20(21)24(27)29-23(18-9-5-4-6-10-18)22(26)17-13-15-19(28-2)16-14-17/h4-16,23,25H,3H2,1-2H3/t23-/m0/s1. The second-order valence-electron chi connectivity index (χ2n) is 6.36. The van der Waals surface area contributed by atoms with Crippen LogP contribution in [0.2, 0.25) is 0 Å². The van der Waals surface area contributed by atoms with Crippen molar-refractivity contribution in [1.82, 2.24) is 0 Å². The lowest BCUT2D eigenvalue weighted by molar-refractivity contribution is 0.0281. The van der Waals surface area contributed by atoms with Crippen LogP contribution in [0.5, 0.6) is 5.75 Å². The van der Waals surface area contributed by atoms with E-state index in [1.54, 1.807) is 55.6 Å². The molecule has 0 amide bonds. The molecule has 0 aliphatic rings. The zero-order valence-electron chi connectivity index (χ0n) is 16.4. The Kier molecular flexibility index (Phi) is 6.63. The van der Waals surface area contributed by atoms with Crippen LogP contribution in [0.15, 0.2) is 78.9 Å². The highest BCUT2D eigenvalue weighted by Crippen LogP contribution is 2.26. The van der Waals surface area contributed by atoms with Crippen molar-refractivity contribution in [1.29, 1.82) is 0 Å². The minimum Gasteiger partial charge on any atom is -0.497 e. The quantitative estimate of drug-likeness (QED) is 0.438. The number of ketones is 1. The monoisotopic (exact) mass is 389 g/mol. The lowest BCUT2D eigenvalue weighted by atomic mass is 9.99. The molecule has 1 N–H and O–H groups in total. The number of esters is 1. The molecule has 0 fully saturated rings. The first-order chi connectivity index (χ1) is 14.1. The number of rotatable bonds is 8. The van der Waals surface area contributed by atoms with Gasteiger partial charge in [-0.05, 0) is 43.3 Å². The Morgan fingerprint density at radius 3 is 2.21 bits per heavy atom. The minimum absolute atomic E-state index is 0.298. The third-order valence-corrected chi connectivity index (χ3v) is 4.45. The Morgan fingerprint density at radius 2 is 1.55 bits per heavy atom. The van der Waals surface area contributed by atoms with Crippen LogP contribution >= 0.6 is 0 Å². The molecule has 1 atom stereocenters. The lowest BCUT2D eigenvalue weighted by Crippen LogP contribution is -2.21. The molecule has 0 unspecified atom stereocenters. The molecule has 0 saturated heterocycles. The molecular formula is C24H23NO4. The fourth-order valence-electron chi connectivity index (χ4n) is 2.98. The number of carbonyl (C=O) groups excluding carboxylic acids is 2. The second-order valence-corrected chi connectivity index (χ2v) is 6.36. The van der Waals surface area contributed by atoms with Gasteiger partial charge in [-0.1, -0.05) is 42.5 Å². The highest BCUT2D eigenvalue weighted by Gasteiger charge is 2.27. The summed E-state index contributed by atoms with van der Waals surface area (Å²) in [6.07, 6.45) is -1.05. The number of para-hydroxylation sites is 1. The first-order valence-corrected chi connectivity index (χ1v) is 9.41. The molecule has 5 nitrogen and oxygen atoms in total. The van der Waals surface area contributed by atoms with Gasteiger partial charge in [0, 0.05) is 23.4 Å². The zero-order chi connectivity index (χ0) is 20.6. The van der Waals surface area contributed by atoms with E-state index in [1.807, 2.05) is 37.3 Å². The Morgan fingerprint density at radius 1 is 0.897 bits per heavy atom. The maximum atomic E-state index is 13.2. The van der Waals surface area contributed by atoms with Crippen LogP contribution < -0.4 is 10.1 Å². The molecule has 3 aromatic rings. The van der Waals surface area contributed by atoms with Crippen molar-refractivity contribution in [2.24, 2.45) is 0 Å². The topological polar surface area (TPSA) is 64.6 Å². The van der Waals surface area contributed by atoms with Crippen molar-refractivity contribution < 1.29 is 19.1 Å². The summed E-state index contributed by atoms with van der Waals surface area (Å²) >= 11 is 0. The molecular weight excluding hydrogens is 366 g/mol. The molecule has 0 bridgehead atoms. The van der Waals surface area contributed by atoms with Gasteiger partial charge in [-0.25, -0.2) is 4.79 Å². The Hall–Kier alpha value is -3.60. The molecule has 0 saturated carbocycles. The number of anilines is 1. The van der Waals surface area contributed by atoms with Crippen molar-refractivity contribution in [2.45, 2.75) is 13.0 Å². The van der Waals surface area contributed by atoms with E-state index in [1.165, 1.54) is 0 Å². The summed E-state index contributed by atoms with van der Waals surface area (Å²) in [5.74, 6) is -0.209. The molecule has 3 rings (SSSR count). The van der Waals surface area contributed by atoms with Gasteiger partial charge in [0.2, 0.25) is 5.78 Å². The van der Waals surface area contributed by atoms with Crippen LogP contribution in [0.1, 0.15) is 39.3 Å². The predicted octanol–water partition coefficient (Wildman–Crippen LogP) is 4.91. The highest BCUT2D eigenvalue weighted by molar-refractivity contribution is 6.03. The maximum Gasteiger partial charge on any atom is 0.341 e. The summed E-state index contributed by atoms with van der Waals surface area (Å²) in [6, 6.07) is 22.8. The zero-order valence-corrected chi connectivity index (χ0v) is 16.4. The van der Waals surface area contributed by atoms with Crippen molar-refractivity contribution in [3.8, 4) is 5.75 Å². The van der Waals surface area contributed by atoms with Crippen molar-refractivity contribution in [2.75, 3.05) is 19.0 Å². The number of nitrogens with one attached hydrogen (secondary N) is 1. The van der Waals surface area contributed by atoms with E-state index in [0.29, 0.717) is 34.7 Å². The molecule has 0 aliphatic carbocycles. The Bertz CT molecular complexity index is 968. The Labute approximate surface area is 170 Å². The first-order valence-electron chi connectivity index (χ1n) is 9.41. The van der Waals surface area contributed by atoms with Gasteiger partial charge >= 0.3 is 5.97 Å². The molecule has 148 valence electrons. The van der Waals surface area contributed by atoms with Crippen molar-refractivity contribution >= 4 is 17.4 Å². The van der Waals surface area contributed by atoms with Gasteiger partial charge in [0.05, 0.1) is 12.7 Å². The summed E-state index contributed by atoms with van der Waals surface area (Å²) in [6.45, 7) is 2.61. The van der Waals surface area contributed by atoms with Crippen LogP contribution in [-0.4, -0.2) is 25.4 Å². The van der Waals surface area contributed by atoms with Gasteiger partial charge in [0.15, 0.2) is 6.10 Å². The van der Waals surface area contributed by atoms with Crippen LogP contribution in [0.4, 0.5) is 5.69 Å². The largest absolute Gasteiger partial charge is 0.497 e. The molecule has 0 aliphatic heterocycles. The number of hydrogen-bond acceptors (Lipinski definition) is 5. The van der Waals surface area contributed by atoms with E-state index in [4.69, 9.17) is 9.47 Å². The van der Waals surface area contributed by atoms with Crippen LogP contribution in [-0.2, 0) is 4.74 Å². The maximum absolute atomic E-state index is 13.2. The average Bonchev–Trinajstić information content (AvgIpc) is 2.78. The predicted molar refractivity (Wildman–Crippen MR) is 113 cm³/mol. The van der Waals surface area contributed by atoms with Crippen LogP contribution in [0, 0.1) is 0 Å². The number of benzene rings is 3. The average molecular weight is 389 g/mol. The lowest BCUT2D eigenvalue weighted by Gasteiger charge is -2.19. The number of hydrogen-bond donors (Lipinski definition) is 1. The number of ether oxygens (including phenoxy) is 2. The minimum atomic E-state index is -1.05. The van der Waals surface area contributed by atoms with Gasteiger partial charge in [0.25, 0.3) is 0 Å². The van der Waals surface area contributed by atoms with Gasteiger partial charge in [-0.15, -0.1) is 0 Å². The number of carbonyl (C=O) groups is 2. The highest BCUT2D eigenvalue weighted by atomic mass is 16.5. The molecule has 5 heteroatoms. The molecule has 0 aromatic heterocycles. The van der Waals surface area contributed by atoms with Gasteiger partial charge in [0.1, 0.15) is 5.75 Å². The fraction of sp³-hybridized carbons (Fsp3) is 0.167. The van der Waals surface area contributed by atoms with E-state index in [0.717, 1.165) is 0 Å². The summed E-state index contributed by atoms with van der Waals surface area (Å²) in [5.41, 5.74) is 2.11. The SMILES string of the molecule is CCNc1ccccc1C(=O)O[C@H](C(=O)c1ccc(OC)cc1)c1ccccc1. The van der Waals surface area contributed by atoms with Crippen LogP contribution in [0.25, 0.3) is 0 Å². The smallest absolute Gasteiger partial charge is 0.341 e. The number of methoxy groups -OCH3 is 1. The molecule has 3 aromatic carbocycles. The normalized spacial score (nSPS) is 11.4. The van der Waals surface area contributed by atoms with E-state index in [9.17, 15) is 9.59 Å². The van der Waals surface area contributed by atoms with E-state index in [2.05, 4.69) is 5.32 Å². The summed E-state index contributed by atoms with van der Waals surface area (Å²) in [7, 11) is 1.56. The summed E-state index contributed by atoms with van der Waals surface area (Å²) in [4.78, 5) is 26.1. The van der Waals surface area contributed by atoms with Gasteiger partial charge in [-0.2, -0.15) is 0 Å². The summed E-state index contributed by atoms with van der Waals surface area (Å²) in [5, 5.41) is 3.14. The molecule has 29 heavy (non-hydrogen) atoms.